The molecule has 1 N–H and O–H groups in total. The van der Waals surface area contributed by atoms with E-state index in [0.29, 0.717) is 27.9 Å². The lowest BCUT2D eigenvalue weighted by molar-refractivity contribution is -0.143. The summed E-state index contributed by atoms with van der Waals surface area (Å²) in [7, 11) is 0. The number of carbonyl (C=O) groups is 2. The topological polar surface area (TPSA) is 58.6 Å². The number of carbonyl (C=O) groups excluding carboxylic acids is 2. The van der Waals surface area contributed by atoms with E-state index in [4.69, 9.17) is 27.9 Å². The molecular weight excluding hydrogens is 507 g/mol. The van der Waals surface area contributed by atoms with Crippen LogP contribution in [0.1, 0.15) is 22.7 Å². The lowest BCUT2D eigenvalue weighted by atomic mass is 10.0. The summed E-state index contributed by atoms with van der Waals surface area (Å²) in [6, 6.07) is 31.9. The van der Waals surface area contributed by atoms with Gasteiger partial charge in [-0.2, -0.15) is 0 Å². The molecule has 0 heterocycles. The molecular formula is C30H26Cl2N2O3. The number of nitrogens with zero attached hydrogens (tertiary/aromatic N) is 1. The highest BCUT2D eigenvalue weighted by Gasteiger charge is 2.31. The molecule has 5 nitrogen and oxygen atoms in total. The summed E-state index contributed by atoms with van der Waals surface area (Å²) in [5, 5.41) is 4.20. The van der Waals surface area contributed by atoms with Crippen molar-refractivity contribution in [1.82, 2.24) is 10.2 Å². The van der Waals surface area contributed by atoms with E-state index in [2.05, 4.69) is 5.32 Å². The third-order valence-corrected chi connectivity index (χ3v) is 6.25. The molecule has 188 valence electrons. The van der Waals surface area contributed by atoms with Gasteiger partial charge in [-0.25, -0.2) is 0 Å². The molecule has 0 aliphatic carbocycles. The van der Waals surface area contributed by atoms with Gasteiger partial charge in [0.1, 0.15) is 11.8 Å². The molecule has 0 spiro atoms. The highest BCUT2D eigenvalue weighted by Crippen LogP contribution is 2.25. The average molecular weight is 533 g/mol. The van der Waals surface area contributed by atoms with Gasteiger partial charge in [0, 0.05) is 23.1 Å². The van der Waals surface area contributed by atoms with Crippen LogP contribution in [-0.2, 0) is 22.7 Å². The molecule has 2 amide bonds. The fraction of sp³-hybridized carbons (Fsp3) is 0.133. The van der Waals surface area contributed by atoms with E-state index >= 15 is 0 Å². The maximum atomic E-state index is 13.7. The zero-order valence-electron chi connectivity index (χ0n) is 20.0. The second kappa shape index (κ2) is 12.9. The molecule has 4 aromatic rings. The number of amides is 2. The summed E-state index contributed by atoms with van der Waals surface area (Å²) in [4.78, 5) is 28.8. The van der Waals surface area contributed by atoms with Crippen LogP contribution in [0, 0.1) is 0 Å². The van der Waals surface area contributed by atoms with Gasteiger partial charge in [-0.1, -0.05) is 96.0 Å². The number of nitrogens with one attached hydrogen (secondary N) is 1. The molecule has 37 heavy (non-hydrogen) atoms. The Morgan fingerprint density at radius 3 is 1.86 bits per heavy atom. The van der Waals surface area contributed by atoms with Crippen molar-refractivity contribution in [3.05, 3.63) is 136 Å². The first kappa shape index (κ1) is 26.3. The predicted octanol–water partition coefficient (Wildman–Crippen LogP) is 6.46. The quantitative estimate of drug-likeness (QED) is 0.255. The Morgan fingerprint density at radius 1 is 0.730 bits per heavy atom. The van der Waals surface area contributed by atoms with E-state index in [9.17, 15) is 9.59 Å². The fourth-order valence-corrected chi connectivity index (χ4v) is 4.10. The van der Waals surface area contributed by atoms with Crippen LogP contribution in [-0.4, -0.2) is 23.3 Å². The lowest BCUT2D eigenvalue weighted by Gasteiger charge is -2.31. The number of halogens is 2. The largest absolute Gasteiger partial charge is 0.484 e. The Labute approximate surface area is 226 Å². The van der Waals surface area contributed by atoms with E-state index in [-0.39, 0.29) is 25.0 Å². The van der Waals surface area contributed by atoms with Gasteiger partial charge in [0.05, 0.1) is 0 Å². The van der Waals surface area contributed by atoms with Gasteiger partial charge in [-0.05, 0) is 53.1 Å². The minimum atomic E-state index is -0.879. The summed E-state index contributed by atoms with van der Waals surface area (Å²) >= 11 is 12.1. The van der Waals surface area contributed by atoms with Crippen LogP contribution in [0.5, 0.6) is 5.75 Å². The summed E-state index contributed by atoms with van der Waals surface area (Å²) in [6.45, 7) is 0.274. The maximum absolute atomic E-state index is 13.7. The SMILES string of the molecule is O=C(NCc1ccc(Cl)cc1)[C@H](c1ccccc1)N(Cc1ccc(Cl)cc1)C(=O)COc1ccccc1. The summed E-state index contributed by atoms with van der Waals surface area (Å²) in [6.07, 6.45) is 0. The molecule has 0 fully saturated rings. The molecule has 4 rings (SSSR count). The standard InChI is InChI=1S/C30H26Cl2N2O3/c31-25-15-11-22(12-16-25)19-33-30(36)29(24-7-3-1-4-8-24)34(20-23-13-17-26(32)18-14-23)28(35)21-37-27-9-5-2-6-10-27/h1-18,29H,19-21H2,(H,33,36)/t29-/m0/s1. The minimum absolute atomic E-state index is 0.197. The molecule has 0 radical (unpaired) electrons. The van der Waals surface area contributed by atoms with Gasteiger partial charge in [0.25, 0.3) is 5.91 Å². The smallest absolute Gasteiger partial charge is 0.261 e. The average Bonchev–Trinajstić information content (AvgIpc) is 2.93. The minimum Gasteiger partial charge on any atom is -0.484 e. The van der Waals surface area contributed by atoms with Crippen LogP contribution < -0.4 is 10.1 Å². The first-order chi connectivity index (χ1) is 18.0. The second-order valence-electron chi connectivity index (χ2n) is 8.41. The lowest BCUT2D eigenvalue weighted by Crippen LogP contribution is -2.45. The highest BCUT2D eigenvalue weighted by molar-refractivity contribution is 6.30. The number of hydrogen-bond donors (Lipinski definition) is 1. The molecule has 0 aliphatic rings. The third-order valence-electron chi connectivity index (χ3n) is 5.75. The van der Waals surface area contributed by atoms with Crippen molar-refractivity contribution in [3.8, 4) is 5.75 Å². The van der Waals surface area contributed by atoms with Crippen LogP contribution in [0.25, 0.3) is 0 Å². The Balaban J connectivity index is 1.62. The Kier molecular flexibility index (Phi) is 9.19. The second-order valence-corrected chi connectivity index (χ2v) is 9.28. The molecule has 0 saturated heterocycles. The van der Waals surface area contributed by atoms with E-state index in [0.717, 1.165) is 11.1 Å². The number of ether oxygens (including phenoxy) is 1. The van der Waals surface area contributed by atoms with Gasteiger partial charge in [-0.3, -0.25) is 9.59 Å². The first-order valence-electron chi connectivity index (χ1n) is 11.8. The maximum Gasteiger partial charge on any atom is 0.261 e. The van der Waals surface area contributed by atoms with Crippen LogP contribution in [0.15, 0.2) is 109 Å². The molecule has 0 saturated carbocycles. The Hall–Kier alpha value is -3.80. The highest BCUT2D eigenvalue weighted by atomic mass is 35.5. The van der Waals surface area contributed by atoms with Crippen LogP contribution in [0.4, 0.5) is 0 Å². The molecule has 4 aromatic carbocycles. The molecule has 0 unspecified atom stereocenters. The summed E-state index contributed by atoms with van der Waals surface area (Å²) in [5.74, 6) is -0.0526. The van der Waals surface area contributed by atoms with Gasteiger partial charge >= 0.3 is 0 Å². The predicted molar refractivity (Wildman–Crippen MR) is 146 cm³/mol. The monoisotopic (exact) mass is 532 g/mol. The van der Waals surface area contributed by atoms with E-state index in [1.165, 1.54) is 0 Å². The van der Waals surface area contributed by atoms with Crippen molar-refractivity contribution in [1.29, 1.82) is 0 Å². The zero-order valence-corrected chi connectivity index (χ0v) is 21.5. The molecule has 1 atom stereocenters. The van der Waals surface area contributed by atoms with Gasteiger partial charge < -0.3 is 15.0 Å². The zero-order chi connectivity index (χ0) is 26.0. The number of rotatable bonds is 10. The van der Waals surface area contributed by atoms with Crippen molar-refractivity contribution < 1.29 is 14.3 Å². The molecule has 0 aromatic heterocycles. The van der Waals surface area contributed by atoms with E-state index < -0.39 is 6.04 Å². The number of hydrogen-bond acceptors (Lipinski definition) is 3. The summed E-state index contributed by atoms with van der Waals surface area (Å²) in [5.41, 5.74) is 2.43. The Bertz CT molecular complexity index is 1300. The molecule has 7 heteroatoms. The third kappa shape index (κ3) is 7.59. The van der Waals surface area contributed by atoms with Crippen molar-refractivity contribution in [2.24, 2.45) is 0 Å². The van der Waals surface area contributed by atoms with E-state index in [1.54, 1.807) is 41.3 Å². The van der Waals surface area contributed by atoms with Gasteiger partial charge in [-0.15, -0.1) is 0 Å². The van der Waals surface area contributed by atoms with Crippen molar-refractivity contribution in [2.45, 2.75) is 19.1 Å². The number of para-hydroxylation sites is 1. The normalized spacial score (nSPS) is 11.4. The van der Waals surface area contributed by atoms with Crippen LogP contribution >= 0.6 is 23.2 Å². The van der Waals surface area contributed by atoms with Gasteiger partial charge in [0.2, 0.25) is 5.91 Å². The van der Waals surface area contributed by atoms with Crippen molar-refractivity contribution >= 4 is 35.0 Å². The number of benzene rings is 4. The van der Waals surface area contributed by atoms with Crippen LogP contribution in [0.2, 0.25) is 10.0 Å². The van der Waals surface area contributed by atoms with Crippen LogP contribution in [0.3, 0.4) is 0 Å². The Morgan fingerprint density at radius 2 is 1.27 bits per heavy atom. The first-order valence-corrected chi connectivity index (χ1v) is 12.5. The van der Waals surface area contributed by atoms with E-state index in [1.807, 2.05) is 72.8 Å². The van der Waals surface area contributed by atoms with Crippen molar-refractivity contribution in [3.63, 3.8) is 0 Å². The van der Waals surface area contributed by atoms with Crippen molar-refractivity contribution in [2.75, 3.05) is 6.61 Å². The van der Waals surface area contributed by atoms with Gasteiger partial charge in [0.15, 0.2) is 6.61 Å². The molecule has 0 bridgehead atoms. The summed E-state index contributed by atoms with van der Waals surface area (Å²) < 4.78 is 5.76. The fourth-order valence-electron chi connectivity index (χ4n) is 3.85. The molecule has 0 aliphatic heterocycles.